The Morgan fingerprint density at radius 3 is 3.16 bits per heavy atom. The third kappa shape index (κ3) is 2.31. The van der Waals surface area contributed by atoms with Crippen LogP contribution in [0.1, 0.15) is 5.69 Å². The second-order valence-electron chi connectivity index (χ2n) is 4.43. The summed E-state index contributed by atoms with van der Waals surface area (Å²) in [6.45, 7) is 0.266. The second-order valence-corrected chi connectivity index (χ2v) is 4.43. The molecule has 0 saturated heterocycles. The highest BCUT2D eigenvalue weighted by molar-refractivity contribution is 5.88. The van der Waals surface area contributed by atoms with E-state index in [1.54, 1.807) is 0 Å². The zero-order valence-electron chi connectivity index (χ0n) is 10.6. The Morgan fingerprint density at radius 2 is 2.37 bits per heavy atom. The van der Waals surface area contributed by atoms with Crippen LogP contribution in [0.25, 0.3) is 10.9 Å². The molecular formula is C14H14N2O3. The first-order chi connectivity index (χ1) is 9.26. The highest BCUT2D eigenvalue weighted by Gasteiger charge is 2.26. The number of esters is 1. The van der Waals surface area contributed by atoms with Gasteiger partial charge in [0.15, 0.2) is 11.9 Å². The first-order valence-corrected chi connectivity index (χ1v) is 6.10. The minimum absolute atomic E-state index is 0.266. The average molecular weight is 258 g/mol. The van der Waals surface area contributed by atoms with Crippen molar-refractivity contribution < 1.29 is 14.3 Å². The molecule has 2 aromatic rings. The number of H-pyrrole nitrogens is 1. The van der Waals surface area contributed by atoms with Gasteiger partial charge in [-0.15, -0.1) is 0 Å². The minimum atomic E-state index is -0.524. The maximum Gasteiger partial charge on any atom is 0.334 e. The van der Waals surface area contributed by atoms with E-state index in [9.17, 15) is 4.79 Å². The molecule has 1 aromatic heterocycles. The number of carbonyl (C=O) groups excluding carboxylic acids is 1. The molecule has 0 radical (unpaired) electrons. The molecule has 1 aliphatic rings. The van der Waals surface area contributed by atoms with Gasteiger partial charge in [0.25, 0.3) is 0 Å². The summed E-state index contributed by atoms with van der Waals surface area (Å²) in [6, 6.07) is 9.59. The zero-order chi connectivity index (χ0) is 13.2. The van der Waals surface area contributed by atoms with E-state index in [4.69, 9.17) is 4.74 Å². The Kier molecular flexibility index (Phi) is 2.95. The summed E-state index contributed by atoms with van der Waals surface area (Å²) in [6.07, 6.45) is 0.558. The molecule has 98 valence electrons. The fourth-order valence-electron chi connectivity index (χ4n) is 2.17. The molecule has 0 amide bonds. The van der Waals surface area contributed by atoms with E-state index >= 15 is 0 Å². The van der Waals surface area contributed by atoms with Crippen LogP contribution in [0, 0.1) is 0 Å². The normalized spacial score (nSPS) is 18.2. The summed E-state index contributed by atoms with van der Waals surface area (Å²) in [5.74, 6) is 0.216. The van der Waals surface area contributed by atoms with E-state index in [0.717, 1.165) is 16.6 Å². The number of methoxy groups -OCH3 is 1. The molecule has 5 heteroatoms. The van der Waals surface area contributed by atoms with Crippen molar-refractivity contribution in [1.82, 2.24) is 4.98 Å². The van der Waals surface area contributed by atoms with Crippen molar-refractivity contribution in [2.75, 3.05) is 13.7 Å². The minimum Gasteiger partial charge on any atom is -0.478 e. The van der Waals surface area contributed by atoms with Crippen LogP contribution in [-0.4, -0.2) is 36.6 Å². The first kappa shape index (κ1) is 11.8. The SMILES string of the molecule is COC(=O)[C@@H]1COC(Cc2cc3ccccc3[nH]2)=N1. The smallest absolute Gasteiger partial charge is 0.334 e. The monoisotopic (exact) mass is 258 g/mol. The number of aromatic amines is 1. The van der Waals surface area contributed by atoms with Gasteiger partial charge in [-0.25, -0.2) is 9.79 Å². The Morgan fingerprint density at radius 1 is 1.53 bits per heavy atom. The molecule has 1 atom stereocenters. The van der Waals surface area contributed by atoms with Crippen LogP contribution in [0.3, 0.4) is 0 Å². The van der Waals surface area contributed by atoms with Crippen molar-refractivity contribution in [3.63, 3.8) is 0 Å². The van der Waals surface area contributed by atoms with Crippen molar-refractivity contribution in [3.8, 4) is 0 Å². The maximum atomic E-state index is 11.3. The van der Waals surface area contributed by atoms with Crippen molar-refractivity contribution in [2.24, 2.45) is 4.99 Å². The number of hydrogen-bond donors (Lipinski definition) is 1. The molecule has 0 unspecified atom stereocenters. The predicted octanol–water partition coefficient (Wildman–Crippen LogP) is 1.68. The van der Waals surface area contributed by atoms with Crippen LogP contribution in [0.5, 0.6) is 0 Å². The fourth-order valence-corrected chi connectivity index (χ4v) is 2.17. The summed E-state index contributed by atoms with van der Waals surface area (Å²) in [4.78, 5) is 18.9. The van der Waals surface area contributed by atoms with Gasteiger partial charge in [0, 0.05) is 11.2 Å². The number of aromatic nitrogens is 1. The summed E-state index contributed by atoms with van der Waals surface area (Å²) in [5, 5.41) is 1.15. The number of nitrogens with one attached hydrogen (secondary N) is 1. The van der Waals surface area contributed by atoms with Crippen molar-refractivity contribution in [2.45, 2.75) is 12.5 Å². The van der Waals surface area contributed by atoms with Gasteiger partial charge in [-0.1, -0.05) is 18.2 Å². The number of hydrogen-bond acceptors (Lipinski definition) is 4. The fraction of sp³-hybridized carbons (Fsp3) is 0.286. The Labute approximate surface area is 110 Å². The number of rotatable bonds is 3. The molecule has 3 rings (SSSR count). The quantitative estimate of drug-likeness (QED) is 0.852. The molecule has 5 nitrogen and oxygen atoms in total. The predicted molar refractivity (Wildman–Crippen MR) is 71.2 cm³/mol. The number of fused-ring (bicyclic) bond motifs is 1. The van der Waals surface area contributed by atoms with E-state index in [2.05, 4.69) is 20.8 Å². The molecular weight excluding hydrogens is 244 g/mol. The molecule has 19 heavy (non-hydrogen) atoms. The Bertz CT molecular complexity index is 612. The van der Waals surface area contributed by atoms with Crippen LogP contribution in [-0.2, 0) is 20.7 Å². The van der Waals surface area contributed by atoms with E-state index in [0.29, 0.717) is 12.3 Å². The first-order valence-electron chi connectivity index (χ1n) is 6.10. The topological polar surface area (TPSA) is 63.7 Å². The second kappa shape index (κ2) is 4.76. The van der Waals surface area contributed by atoms with Crippen LogP contribution >= 0.6 is 0 Å². The highest BCUT2D eigenvalue weighted by atomic mass is 16.5. The van der Waals surface area contributed by atoms with E-state index in [1.165, 1.54) is 7.11 Å². The third-order valence-electron chi connectivity index (χ3n) is 3.11. The van der Waals surface area contributed by atoms with Gasteiger partial charge < -0.3 is 14.5 Å². The Balaban J connectivity index is 1.76. The lowest BCUT2D eigenvalue weighted by molar-refractivity contribution is -0.142. The largest absolute Gasteiger partial charge is 0.478 e. The summed E-state index contributed by atoms with van der Waals surface area (Å²) in [7, 11) is 1.35. The zero-order valence-corrected chi connectivity index (χ0v) is 10.6. The lowest BCUT2D eigenvalue weighted by atomic mass is 10.2. The van der Waals surface area contributed by atoms with Gasteiger partial charge in [0.2, 0.25) is 0 Å². The summed E-state index contributed by atoms with van der Waals surface area (Å²) < 4.78 is 10.1. The Hall–Kier alpha value is -2.30. The number of para-hydroxylation sites is 1. The molecule has 0 fully saturated rings. The lowest BCUT2D eigenvalue weighted by Gasteiger charge is -2.00. The number of carbonyl (C=O) groups is 1. The molecule has 1 aromatic carbocycles. The van der Waals surface area contributed by atoms with E-state index in [-0.39, 0.29) is 12.6 Å². The van der Waals surface area contributed by atoms with Gasteiger partial charge in [-0.2, -0.15) is 0 Å². The molecule has 1 N–H and O–H groups in total. The standard InChI is InChI=1S/C14H14N2O3/c1-18-14(17)12-8-19-13(16-12)7-10-6-9-4-2-3-5-11(9)15-10/h2-6,12,15H,7-8H2,1H3/t12-/m0/s1. The van der Waals surface area contributed by atoms with Crippen LogP contribution in [0.4, 0.5) is 0 Å². The van der Waals surface area contributed by atoms with Gasteiger partial charge in [0.1, 0.15) is 6.61 Å². The van der Waals surface area contributed by atoms with Crippen molar-refractivity contribution in [3.05, 3.63) is 36.0 Å². The number of benzene rings is 1. The lowest BCUT2D eigenvalue weighted by Crippen LogP contribution is -2.21. The van der Waals surface area contributed by atoms with Crippen LogP contribution in [0.15, 0.2) is 35.3 Å². The highest BCUT2D eigenvalue weighted by Crippen LogP contribution is 2.17. The van der Waals surface area contributed by atoms with Gasteiger partial charge in [-0.05, 0) is 17.5 Å². The van der Waals surface area contributed by atoms with E-state index in [1.807, 2.05) is 24.3 Å². The van der Waals surface area contributed by atoms with Gasteiger partial charge >= 0.3 is 5.97 Å². The molecule has 0 spiro atoms. The van der Waals surface area contributed by atoms with Crippen LogP contribution in [0.2, 0.25) is 0 Å². The van der Waals surface area contributed by atoms with Crippen LogP contribution < -0.4 is 0 Å². The van der Waals surface area contributed by atoms with Crippen molar-refractivity contribution >= 4 is 22.8 Å². The molecule has 1 aliphatic heterocycles. The molecule has 2 heterocycles. The number of aliphatic imine (C=N–C) groups is 1. The van der Waals surface area contributed by atoms with Gasteiger partial charge in [0.05, 0.1) is 13.5 Å². The number of ether oxygens (including phenoxy) is 2. The molecule has 0 saturated carbocycles. The molecule has 0 bridgehead atoms. The maximum absolute atomic E-state index is 11.3. The summed E-state index contributed by atoms with van der Waals surface area (Å²) in [5.41, 5.74) is 2.10. The molecule has 0 aliphatic carbocycles. The number of nitrogens with zero attached hydrogens (tertiary/aromatic N) is 1. The van der Waals surface area contributed by atoms with E-state index < -0.39 is 6.04 Å². The van der Waals surface area contributed by atoms with Gasteiger partial charge in [-0.3, -0.25) is 0 Å². The van der Waals surface area contributed by atoms with Crippen molar-refractivity contribution in [1.29, 1.82) is 0 Å². The third-order valence-corrected chi connectivity index (χ3v) is 3.11. The average Bonchev–Trinajstić information content (AvgIpc) is 3.04. The summed E-state index contributed by atoms with van der Waals surface area (Å²) >= 11 is 0.